The van der Waals surface area contributed by atoms with E-state index in [9.17, 15) is 14.4 Å². The maximum Gasteiger partial charge on any atom is 0.306 e. The molecule has 45 heavy (non-hydrogen) atoms. The van der Waals surface area contributed by atoms with Crippen LogP contribution in [0.3, 0.4) is 0 Å². The molecular weight excluding hydrogens is 588 g/mol. The number of carbonyl (C=O) groups excluding carboxylic acids is 3. The molecule has 6 rings (SSSR count). The van der Waals surface area contributed by atoms with E-state index in [1.807, 2.05) is 74.2 Å². The predicted octanol–water partition coefficient (Wildman–Crippen LogP) is 6.13. The molecule has 2 amide bonds. The Balaban J connectivity index is 1.05. The van der Waals surface area contributed by atoms with Crippen molar-refractivity contribution >= 4 is 51.8 Å². The Bertz CT molecular complexity index is 1650. The molecule has 1 unspecified atom stereocenters. The van der Waals surface area contributed by atoms with E-state index >= 15 is 0 Å². The number of rotatable bonds is 8. The average Bonchev–Trinajstić information content (AvgIpc) is 3.64. The number of H-pyrrole nitrogens is 1. The van der Waals surface area contributed by atoms with E-state index < -0.39 is 5.60 Å². The summed E-state index contributed by atoms with van der Waals surface area (Å²) in [4.78, 5) is 55.6. The van der Waals surface area contributed by atoms with Crippen molar-refractivity contribution < 1.29 is 19.1 Å². The SMILES string of the molecule is CC(C)(C)OC(=O)CC1CCC(=O)N(Cc2nc(C(=O)N3CCC(CNc4nc5ccccc5[nH]4)CC3)cs2)c2ccccc21. The highest BCUT2D eigenvalue weighted by atomic mass is 32.1. The van der Waals surface area contributed by atoms with Gasteiger partial charge in [-0.2, -0.15) is 0 Å². The van der Waals surface area contributed by atoms with Gasteiger partial charge in [0.05, 0.1) is 24.0 Å². The van der Waals surface area contributed by atoms with Crippen molar-refractivity contribution in [1.82, 2.24) is 19.9 Å². The second kappa shape index (κ2) is 13.0. The monoisotopic (exact) mass is 628 g/mol. The zero-order valence-electron chi connectivity index (χ0n) is 26.0. The highest BCUT2D eigenvalue weighted by Crippen LogP contribution is 2.38. The summed E-state index contributed by atoms with van der Waals surface area (Å²) in [6.07, 6.45) is 2.91. The van der Waals surface area contributed by atoms with Gasteiger partial charge >= 0.3 is 5.97 Å². The zero-order chi connectivity index (χ0) is 31.6. The molecule has 2 N–H and O–H groups in total. The second-order valence-corrected chi connectivity index (χ2v) is 13.9. The van der Waals surface area contributed by atoms with E-state index in [4.69, 9.17) is 4.74 Å². The van der Waals surface area contributed by atoms with Gasteiger partial charge in [-0.05, 0) is 75.6 Å². The minimum absolute atomic E-state index is 0.0180. The number of fused-ring (bicyclic) bond motifs is 2. The Hall–Kier alpha value is -4.25. The lowest BCUT2D eigenvalue weighted by atomic mass is 9.91. The number of ether oxygens (including phenoxy) is 1. The van der Waals surface area contributed by atoms with Gasteiger partial charge in [0.15, 0.2) is 0 Å². The molecule has 0 radical (unpaired) electrons. The van der Waals surface area contributed by atoms with Gasteiger partial charge in [0.25, 0.3) is 5.91 Å². The Morgan fingerprint density at radius 1 is 1.04 bits per heavy atom. The van der Waals surface area contributed by atoms with Crippen molar-refractivity contribution in [2.24, 2.45) is 5.92 Å². The number of benzene rings is 2. The number of likely N-dealkylation sites (tertiary alicyclic amines) is 1. The molecular formula is C34H40N6O4S. The summed E-state index contributed by atoms with van der Waals surface area (Å²) >= 11 is 1.40. The average molecular weight is 629 g/mol. The third-order valence-electron chi connectivity index (χ3n) is 8.42. The van der Waals surface area contributed by atoms with Gasteiger partial charge in [-0.3, -0.25) is 14.4 Å². The fourth-order valence-corrected chi connectivity index (χ4v) is 6.92. The van der Waals surface area contributed by atoms with Crippen LogP contribution in [0.1, 0.15) is 79.9 Å². The smallest absolute Gasteiger partial charge is 0.306 e. The first-order valence-electron chi connectivity index (χ1n) is 15.7. The number of thiazole rings is 1. The number of nitrogens with zero attached hydrogens (tertiary/aromatic N) is 4. The van der Waals surface area contributed by atoms with Gasteiger partial charge in [-0.25, -0.2) is 9.97 Å². The maximum absolute atomic E-state index is 13.4. The van der Waals surface area contributed by atoms with Crippen LogP contribution in [0.2, 0.25) is 0 Å². The fraction of sp³-hybridized carbons (Fsp3) is 0.441. The van der Waals surface area contributed by atoms with Crippen molar-refractivity contribution in [2.45, 2.75) is 70.9 Å². The highest BCUT2D eigenvalue weighted by molar-refractivity contribution is 7.09. The molecule has 2 aliphatic rings. The minimum Gasteiger partial charge on any atom is -0.460 e. The molecule has 0 aliphatic carbocycles. The van der Waals surface area contributed by atoms with Crippen LogP contribution < -0.4 is 10.2 Å². The first kappa shape index (κ1) is 30.8. The number of hydrogen-bond donors (Lipinski definition) is 2. The van der Waals surface area contributed by atoms with E-state index in [1.54, 1.807) is 10.3 Å². The molecule has 236 valence electrons. The summed E-state index contributed by atoms with van der Waals surface area (Å²) in [5.74, 6) is 0.750. The lowest BCUT2D eigenvalue weighted by molar-refractivity contribution is -0.155. The van der Waals surface area contributed by atoms with Gasteiger partial charge in [-0.15, -0.1) is 11.3 Å². The topological polar surface area (TPSA) is 121 Å². The summed E-state index contributed by atoms with van der Waals surface area (Å²) in [7, 11) is 0. The maximum atomic E-state index is 13.4. The summed E-state index contributed by atoms with van der Waals surface area (Å²) in [5, 5.41) is 5.93. The Morgan fingerprint density at radius 2 is 1.80 bits per heavy atom. The van der Waals surface area contributed by atoms with Gasteiger partial charge < -0.3 is 24.8 Å². The number of nitrogens with one attached hydrogen (secondary N) is 2. The number of aromatic amines is 1. The summed E-state index contributed by atoms with van der Waals surface area (Å²) < 4.78 is 5.58. The molecule has 2 aromatic carbocycles. The van der Waals surface area contributed by atoms with E-state index in [0.29, 0.717) is 42.6 Å². The Labute approximate surface area is 267 Å². The number of hydrogen-bond acceptors (Lipinski definition) is 8. The number of carbonyl (C=O) groups is 3. The molecule has 10 nitrogen and oxygen atoms in total. The highest BCUT2D eigenvalue weighted by Gasteiger charge is 2.32. The predicted molar refractivity (Wildman–Crippen MR) is 175 cm³/mol. The Kier molecular flexibility index (Phi) is 8.89. The number of para-hydroxylation sites is 3. The molecule has 0 saturated carbocycles. The molecule has 11 heteroatoms. The molecule has 4 aromatic rings. The molecule has 1 saturated heterocycles. The van der Waals surface area contributed by atoms with Crippen molar-refractivity contribution in [3.63, 3.8) is 0 Å². The lowest BCUT2D eigenvalue weighted by Gasteiger charge is -2.31. The van der Waals surface area contributed by atoms with Crippen LogP contribution in [0.25, 0.3) is 11.0 Å². The van der Waals surface area contributed by atoms with Crippen molar-refractivity contribution in [1.29, 1.82) is 0 Å². The molecule has 4 heterocycles. The summed E-state index contributed by atoms with van der Waals surface area (Å²) in [6, 6.07) is 15.7. The van der Waals surface area contributed by atoms with Crippen molar-refractivity contribution in [3.8, 4) is 0 Å². The number of anilines is 2. The standard InChI is InChI=1S/C34H40N6O4S/c1-34(2,3)44-31(42)18-23-12-13-30(41)40(28-11-7-4-8-24(23)28)20-29-36-27(21-45-29)32(43)39-16-14-22(15-17-39)19-35-33-37-25-9-5-6-10-26(25)38-33/h4-11,21-23H,12-20H2,1-3H3,(H2,35,37,38). The third kappa shape index (κ3) is 7.36. The third-order valence-corrected chi connectivity index (χ3v) is 9.26. The van der Waals surface area contributed by atoms with Crippen LogP contribution in [0.4, 0.5) is 11.6 Å². The van der Waals surface area contributed by atoms with Crippen LogP contribution >= 0.6 is 11.3 Å². The van der Waals surface area contributed by atoms with Crippen LogP contribution in [-0.4, -0.2) is 62.9 Å². The number of aromatic nitrogens is 3. The number of esters is 1. The number of amides is 2. The molecule has 2 aliphatic heterocycles. The van der Waals surface area contributed by atoms with Crippen LogP contribution in [-0.2, 0) is 20.9 Å². The lowest BCUT2D eigenvalue weighted by Crippen LogP contribution is -2.40. The molecule has 1 atom stereocenters. The quantitative estimate of drug-likeness (QED) is 0.225. The zero-order valence-corrected chi connectivity index (χ0v) is 26.9. The van der Waals surface area contributed by atoms with Crippen molar-refractivity contribution in [2.75, 3.05) is 29.9 Å². The summed E-state index contributed by atoms with van der Waals surface area (Å²) in [5.41, 5.74) is 3.55. The number of piperidine rings is 1. The number of imidazole rings is 1. The van der Waals surface area contributed by atoms with Gasteiger partial charge in [0.2, 0.25) is 11.9 Å². The van der Waals surface area contributed by atoms with Crippen LogP contribution in [0.5, 0.6) is 0 Å². The van der Waals surface area contributed by atoms with Crippen LogP contribution in [0.15, 0.2) is 53.9 Å². The van der Waals surface area contributed by atoms with Crippen molar-refractivity contribution in [3.05, 3.63) is 70.2 Å². The molecule has 0 bridgehead atoms. The largest absolute Gasteiger partial charge is 0.460 e. The normalized spacial score (nSPS) is 17.7. The molecule has 2 aromatic heterocycles. The minimum atomic E-state index is -0.563. The van der Waals surface area contributed by atoms with E-state index in [0.717, 1.165) is 47.6 Å². The molecule has 1 fully saturated rings. The fourth-order valence-electron chi connectivity index (χ4n) is 6.17. The summed E-state index contributed by atoms with van der Waals surface area (Å²) in [6.45, 7) is 8.00. The van der Waals surface area contributed by atoms with Gasteiger partial charge in [0.1, 0.15) is 16.3 Å². The van der Waals surface area contributed by atoms with Gasteiger partial charge in [0, 0.05) is 37.1 Å². The molecule has 0 spiro atoms. The Morgan fingerprint density at radius 3 is 2.58 bits per heavy atom. The van der Waals surface area contributed by atoms with E-state index in [2.05, 4.69) is 20.3 Å². The van der Waals surface area contributed by atoms with Gasteiger partial charge in [-0.1, -0.05) is 30.3 Å². The first-order valence-corrected chi connectivity index (χ1v) is 16.5. The first-order chi connectivity index (χ1) is 21.6. The van der Waals surface area contributed by atoms with E-state index in [-0.39, 0.29) is 36.7 Å². The second-order valence-electron chi connectivity index (χ2n) is 12.9. The van der Waals surface area contributed by atoms with Crippen LogP contribution in [0, 0.1) is 5.92 Å². The van der Waals surface area contributed by atoms with E-state index in [1.165, 1.54) is 11.3 Å².